The van der Waals surface area contributed by atoms with E-state index < -0.39 is 0 Å². The summed E-state index contributed by atoms with van der Waals surface area (Å²) in [6.45, 7) is 2.76. The minimum Gasteiger partial charge on any atom is -0.462 e. The molecule has 0 saturated heterocycles. The maximum Gasteiger partial charge on any atom is 0.338 e. The molecule has 0 aliphatic heterocycles. The first kappa shape index (κ1) is 11.4. The van der Waals surface area contributed by atoms with Crippen LogP contribution in [0.5, 0.6) is 0 Å². The van der Waals surface area contributed by atoms with Crippen LogP contribution in [0, 0.1) is 11.8 Å². The summed E-state index contributed by atoms with van der Waals surface area (Å²) in [7, 11) is 0. The lowest BCUT2D eigenvalue weighted by Gasteiger charge is -2.24. The summed E-state index contributed by atoms with van der Waals surface area (Å²) in [5.74, 6) is 0.899. The molecule has 2 unspecified atom stereocenters. The fraction of sp³-hybridized carbons (Fsp3) is 0.462. The Morgan fingerprint density at radius 3 is 3.00 bits per heavy atom. The SMILES string of the molecule is CC1CC=CCC1COC(=O)c1ccsc1. The van der Waals surface area contributed by atoms with E-state index in [1.54, 1.807) is 6.07 Å². The average molecular weight is 236 g/mol. The number of hydrogen-bond donors (Lipinski definition) is 0. The van der Waals surface area contributed by atoms with Gasteiger partial charge in [0.1, 0.15) is 0 Å². The molecule has 1 aliphatic carbocycles. The Kier molecular flexibility index (Phi) is 3.78. The Hall–Kier alpha value is -1.09. The third-order valence-corrected chi connectivity index (χ3v) is 3.79. The van der Waals surface area contributed by atoms with E-state index in [4.69, 9.17) is 4.74 Å². The molecule has 0 fully saturated rings. The van der Waals surface area contributed by atoms with Gasteiger partial charge in [-0.25, -0.2) is 4.79 Å². The van der Waals surface area contributed by atoms with Gasteiger partial charge >= 0.3 is 5.97 Å². The fourth-order valence-corrected chi connectivity index (χ4v) is 2.51. The highest BCUT2D eigenvalue weighted by Gasteiger charge is 2.20. The zero-order valence-corrected chi connectivity index (χ0v) is 10.2. The highest BCUT2D eigenvalue weighted by Crippen LogP contribution is 2.25. The number of esters is 1. The summed E-state index contributed by atoms with van der Waals surface area (Å²) in [5, 5.41) is 3.72. The van der Waals surface area contributed by atoms with Crippen LogP contribution >= 0.6 is 11.3 Å². The lowest BCUT2D eigenvalue weighted by Crippen LogP contribution is -2.21. The third kappa shape index (κ3) is 2.73. The number of rotatable bonds is 3. The molecule has 1 heterocycles. The predicted molar refractivity (Wildman–Crippen MR) is 65.6 cm³/mol. The van der Waals surface area contributed by atoms with E-state index >= 15 is 0 Å². The van der Waals surface area contributed by atoms with Gasteiger partial charge in [-0.15, -0.1) is 0 Å². The van der Waals surface area contributed by atoms with Crippen molar-refractivity contribution in [1.29, 1.82) is 0 Å². The lowest BCUT2D eigenvalue weighted by molar-refractivity contribution is 0.0396. The van der Waals surface area contributed by atoms with Gasteiger partial charge in [-0.2, -0.15) is 11.3 Å². The molecule has 1 aromatic heterocycles. The van der Waals surface area contributed by atoms with Crippen molar-refractivity contribution in [1.82, 2.24) is 0 Å². The summed E-state index contributed by atoms with van der Waals surface area (Å²) < 4.78 is 5.33. The zero-order chi connectivity index (χ0) is 11.4. The summed E-state index contributed by atoms with van der Waals surface area (Å²) in [5.41, 5.74) is 0.670. The maximum absolute atomic E-state index is 11.6. The van der Waals surface area contributed by atoms with Gasteiger partial charge in [0.25, 0.3) is 0 Å². The van der Waals surface area contributed by atoms with Crippen molar-refractivity contribution in [2.24, 2.45) is 11.8 Å². The summed E-state index contributed by atoms with van der Waals surface area (Å²) in [6.07, 6.45) is 6.52. The molecule has 0 bridgehead atoms. The van der Waals surface area contributed by atoms with E-state index in [1.807, 2.05) is 10.8 Å². The molecule has 2 rings (SSSR count). The van der Waals surface area contributed by atoms with E-state index in [0.29, 0.717) is 24.0 Å². The molecule has 3 heteroatoms. The Balaban J connectivity index is 1.83. The first-order chi connectivity index (χ1) is 7.77. The standard InChI is InChI=1S/C13H16O2S/c1-10-4-2-3-5-11(10)8-15-13(14)12-6-7-16-9-12/h2-3,6-7,9-11H,4-5,8H2,1H3. The highest BCUT2D eigenvalue weighted by molar-refractivity contribution is 7.08. The Labute approximate surface area is 99.9 Å². The van der Waals surface area contributed by atoms with Gasteiger partial charge in [0.05, 0.1) is 12.2 Å². The molecule has 16 heavy (non-hydrogen) atoms. The Bertz CT molecular complexity index is 367. The van der Waals surface area contributed by atoms with Crippen LogP contribution in [0.15, 0.2) is 29.0 Å². The second kappa shape index (κ2) is 5.30. The van der Waals surface area contributed by atoms with Gasteiger partial charge < -0.3 is 4.74 Å². The molecule has 0 saturated carbocycles. The number of carbonyl (C=O) groups is 1. The van der Waals surface area contributed by atoms with Gasteiger partial charge in [-0.05, 0) is 36.1 Å². The average Bonchev–Trinajstić information content (AvgIpc) is 2.81. The summed E-state index contributed by atoms with van der Waals surface area (Å²) >= 11 is 1.52. The number of allylic oxidation sites excluding steroid dienone is 2. The van der Waals surface area contributed by atoms with E-state index in [9.17, 15) is 4.79 Å². The van der Waals surface area contributed by atoms with Crippen molar-refractivity contribution in [3.8, 4) is 0 Å². The predicted octanol–water partition coefficient (Wildman–Crippen LogP) is 3.51. The lowest BCUT2D eigenvalue weighted by atomic mass is 9.85. The second-order valence-electron chi connectivity index (χ2n) is 4.29. The fourth-order valence-electron chi connectivity index (χ4n) is 1.89. The number of carbonyl (C=O) groups excluding carboxylic acids is 1. The quantitative estimate of drug-likeness (QED) is 0.593. The molecule has 2 nitrogen and oxygen atoms in total. The second-order valence-corrected chi connectivity index (χ2v) is 5.07. The molecular formula is C13H16O2S. The molecule has 0 aromatic carbocycles. The van der Waals surface area contributed by atoms with Gasteiger partial charge in [-0.1, -0.05) is 19.1 Å². The number of thiophene rings is 1. The zero-order valence-electron chi connectivity index (χ0n) is 9.39. The molecule has 86 valence electrons. The molecule has 0 N–H and O–H groups in total. The summed E-state index contributed by atoms with van der Waals surface area (Å²) in [6, 6.07) is 1.80. The molecule has 0 spiro atoms. The van der Waals surface area contributed by atoms with Crippen molar-refractivity contribution in [3.63, 3.8) is 0 Å². The van der Waals surface area contributed by atoms with Crippen LogP contribution in [-0.4, -0.2) is 12.6 Å². The highest BCUT2D eigenvalue weighted by atomic mass is 32.1. The van der Waals surface area contributed by atoms with E-state index in [-0.39, 0.29) is 5.97 Å². The van der Waals surface area contributed by atoms with Crippen molar-refractivity contribution < 1.29 is 9.53 Å². The monoisotopic (exact) mass is 236 g/mol. The molecule has 1 aliphatic rings. The normalized spacial score (nSPS) is 24.3. The van der Waals surface area contributed by atoms with Crippen LogP contribution in [0.1, 0.15) is 30.1 Å². The smallest absolute Gasteiger partial charge is 0.338 e. The number of hydrogen-bond acceptors (Lipinski definition) is 3. The van der Waals surface area contributed by atoms with Crippen molar-refractivity contribution >= 4 is 17.3 Å². The van der Waals surface area contributed by atoms with Crippen LogP contribution in [0.4, 0.5) is 0 Å². The van der Waals surface area contributed by atoms with E-state index in [0.717, 1.165) is 12.8 Å². The van der Waals surface area contributed by atoms with E-state index in [1.165, 1.54) is 11.3 Å². The largest absolute Gasteiger partial charge is 0.462 e. The van der Waals surface area contributed by atoms with Gasteiger partial charge in [-0.3, -0.25) is 0 Å². The first-order valence-corrected chi connectivity index (χ1v) is 6.56. The number of ether oxygens (including phenoxy) is 1. The van der Waals surface area contributed by atoms with Gasteiger partial charge in [0.2, 0.25) is 0 Å². The van der Waals surface area contributed by atoms with Gasteiger partial charge in [0, 0.05) is 5.38 Å². The minimum atomic E-state index is -0.192. The molecule has 0 amide bonds. The van der Waals surface area contributed by atoms with Crippen molar-refractivity contribution in [2.45, 2.75) is 19.8 Å². The molecule has 2 atom stereocenters. The van der Waals surface area contributed by atoms with Crippen LogP contribution in [-0.2, 0) is 4.74 Å². The van der Waals surface area contributed by atoms with Crippen LogP contribution in [0.2, 0.25) is 0 Å². The Morgan fingerprint density at radius 1 is 1.50 bits per heavy atom. The topological polar surface area (TPSA) is 26.3 Å². The van der Waals surface area contributed by atoms with Crippen LogP contribution in [0.25, 0.3) is 0 Å². The van der Waals surface area contributed by atoms with Crippen LogP contribution in [0.3, 0.4) is 0 Å². The van der Waals surface area contributed by atoms with Crippen LogP contribution < -0.4 is 0 Å². The van der Waals surface area contributed by atoms with Crippen molar-refractivity contribution in [2.75, 3.05) is 6.61 Å². The van der Waals surface area contributed by atoms with Gasteiger partial charge in [0.15, 0.2) is 0 Å². The molecule has 0 radical (unpaired) electrons. The van der Waals surface area contributed by atoms with Crippen molar-refractivity contribution in [3.05, 3.63) is 34.5 Å². The minimum absolute atomic E-state index is 0.192. The third-order valence-electron chi connectivity index (χ3n) is 3.10. The molecule has 1 aromatic rings. The summed E-state index contributed by atoms with van der Waals surface area (Å²) in [4.78, 5) is 11.6. The maximum atomic E-state index is 11.6. The van der Waals surface area contributed by atoms with E-state index in [2.05, 4.69) is 19.1 Å². The first-order valence-electron chi connectivity index (χ1n) is 5.61. The molecular weight excluding hydrogens is 220 g/mol. The Morgan fingerprint density at radius 2 is 2.31 bits per heavy atom.